The SMILES string of the molecule is CC(C)(C)C(CCCl)NC(=O)c1cc(Cl)ccc1[N+](=O)[O-]. The second kappa shape index (κ2) is 7.09. The van der Waals surface area contributed by atoms with E-state index in [1.54, 1.807) is 0 Å². The van der Waals surface area contributed by atoms with Crippen LogP contribution in [0.3, 0.4) is 0 Å². The lowest BCUT2D eigenvalue weighted by Gasteiger charge is -2.31. The molecule has 0 aliphatic rings. The maximum absolute atomic E-state index is 12.3. The molecule has 7 heteroatoms. The lowest BCUT2D eigenvalue weighted by molar-refractivity contribution is -0.385. The van der Waals surface area contributed by atoms with Crippen molar-refractivity contribution in [2.45, 2.75) is 33.2 Å². The van der Waals surface area contributed by atoms with Crippen LogP contribution in [0, 0.1) is 15.5 Å². The van der Waals surface area contributed by atoms with Gasteiger partial charge in [-0.05, 0) is 24.0 Å². The summed E-state index contributed by atoms with van der Waals surface area (Å²) in [6.45, 7) is 5.91. The van der Waals surface area contributed by atoms with E-state index in [0.29, 0.717) is 12.3 Å². The molecule has 0 bridgehead atoms. The summed E-state index contributed by atoms with van der Waals surface area (Å²) in [5, 5.41) is 14.1. The molecular formula is C14H18Cl2N2O3. The number of rotatable bonds is 5. The number of halogens is 2. The number of benzene rings is 1. The summed E-state index contributed by atoms with van der Waals surface area (Å²) in [4.78, 5) is 22.7. The lowest BCUT2D eigenvalue weighted by Crippen LogP contribution is -2.44. The maximum Gasteiger partial charge on any atom is 0.282 e. The highest BCUT2D eigenvalue weighted by Crippen LogP contribution is 2.26. The number of nitro groups is 1. The molecule has 5 nitrogen and oxygen atoms in total. The minimum Gasteiger partial charge on any atom is -0.349 e. The first-order valence-corrected chi connectivity index (χ1v) is 7.39. The molecule has 0 spiro atoms. The second-order valence-corrected chi connectivity index (χ2v) is 6.60. The smallest absolute Gasteiger partial charge is 0.282 e. The van der Waals surface area contributed by atoms with Crippen LogP contribution in [0.1, 0.15) is 37.6 Å². The normalized spacial score (nSPS) is 12.8. The van der Waals surface area contributed by atoms with Crippen LogP contribution in [0.4, 0.5) is 5.69 Å². The molecular weight excluding hydrogens is 315 g/mol. The summed E-state index contributed by atoms with van der Waals surface area (Å²) < 4.78 is 0. The molecule has 0 aliphatic heterocycles. The van der Waals surface area contributed by atoms with Gasteiger partial charge in [0.2, 0.25) is 0 Å². The van der Waals surface area contributed by atoms with Crippen molar-refractivity contribution in [3.05, 3.63) is 38.9 Å². The van der Waals surface area contributed by atoms with Crippen LogP contribution in [0.2, 0.25) is 5.02 Å². The van der Waals surface area contributed by atoms with Gasteiger partial charge >= 0.3 is 0 Å². The van der Waals surface area contributed by atoms with Gasteiger partial charge in [0.05, 0.1) is 4.92 Å². The third-order valence-corrected chi connectivity index (χ3v) is 3.60. The van der Waals surface area contributed by atoms with Gasteiger partial charge in [-0.1, -0.05) is 32.4 Å². The molecule has 1 aromatic carbocycles. The third kappa shape index (κ3) is 4.86. The Hall–Kier alpha value is -1.33. The number of nitro benzene ring substituents is 1. The van der Waals surface area contributed by atoms with Gasteiger partial charge < -0.3 is 5.32 Å². The number of hydrogen-bond acceptors (Lipinski definition) is 3. The van der Waals surface area contributed by atoms with E-state index in [1.807, 2.05) is 20.8 Å². The van der Waals surface area contributed by atoms with Crippen LogP contribution < -0.4 is 5.32 Å². The van der Waals surface area contributed by atoms with Gasteiger partial charge in [0, 0.05) is 23.0 Å². The van der Waals surface area contributed by atoms with Crippen molar-refractivity contribution in [1.29, 1.82) is 0 Å². The van der Waals surface area contributed by atoms with Crippen LogP contribution in [0.25, 0.3) is 0 Å². The van der Waals surface area contributed by atoms with Gasteiger partial charge in [-0.15, -0.1) is 11.6 Å². The molecule has 1 N–H and O–H groups in total. The molecule has 0 saturated heterocycles. The first kappa shape index (κ1) is 17.7. The molecule has 1 atom stereocenters. The fourth-order valence-corrected chi connectivity index (χ4v) is 2.31. The second-order valence-electron chi connectivity index (χ2n) is 5.79. The Kier molecular flexibility index (Phi) is 5.98. The number of carbonyl (C=O) groups is 1. The van der Waals surface area contributed by atoms with Gasteiger partial charge in [0.1, 0.15) is 5.56 Å². The first-order chi connectivity index (χ1) is 9.66. The van der Waals surface area contributed by atoms with Gasteiger partial charge in [-0.3, -0.25) is 14.9 Å². The summed E-state index contributed by atoms with van der Waals surface area (Å²) in [6, 6.07) is 3.72. The van der Waals surface area contributed by atoms with E-state index in [4.69, 9.17) is 23.2 Å². The number of nitrogens with zero attached hydrogens (tertiary/aromatic N) is 1. The predicted octanol–water partition coefficient (Wildman–Crippen LogP) is 4.02. The summed E-state index contributed by atoms with van der Waals surface area (Å²) in [7, 11) is 0. The highest BCUT2D eigenvalue weighted by molar-refractivity contribution is 6.31. The van der Waals surface area contributed by atoms with Crippen molar-refractivity contribution < 1.29 is 9.72 Å². The van der Waals surface area contributed by atoms with Crippen molar-refractivity contribution in [1.82, 2.24) is 5.32 Å². The van der Waals surface area contributed by atoms with Crippen LogP contribution in [-0.2, 0) is 0 Å². The van der Waals surface area contributed by atoms with Crippen LogP contribution in [0.15, 0.2) is 18.2 Å². The van der Waals surface area contributed by atoms with Gasteiger partial charge in [0.15, 0.2) is 0 Å². The number of amides is 1. The Balaban J connectivity index is 3.08. The first-order valence-electron chi connectivity index (χ1n) is 6.47. The van der Waals surface area contributed by atoms with Gasteiger partial charge in [0.25, 0.3) is 11.6 Å². The summed E-state index contributed by atoms with van der Waals surface area (Å²) in [5.41, 5.74) is -0.524. The Labute approximate surface area is 133 Å². The Morgan fingerprint density at radius 3 is 2.52 bits per heavy atom. The zero-order valence-corrected chi connectivity index (χ0v) is 13.7. The number of hydrogen-bond donors (Lipinski definition) is 1. The number of nitrogens with one attached hydrogen (secondary N) is 1. The predicted molar refractivity (Wildman–Crippen MR) is 84.2 cm³/mol. The molecule has 0 radical (unpaired) electrons. The fraction of sp³-hybridized carbons (Fsp3) is 0.500. The Bertz CT molecular complexity index is 542. The fourth-order valence-electron chi connectivity index (χ4n) is 1.92. The maximum atomic E-state index is 12.3. The average molecular weight is 333 g/mol. The van der Waals surface area contributed by atoms with Gasteiger partial charge in [-0.2, -0.15) is 0 Å². The highest BCUT2D eigenvalue weighted by Gasteiger charge is 2.28. The highest BCUT2D eigenvalue weighted by atomic mass is 35.5. The van der Waals surface area contributed by atoms with E-state index in [1.165, 1.54) is 18.2 Å². The molecule has 1 aromatic rings. The molecule has 1 amide bonds. The van der Waals surface area contributed by atoms with Crippen molar-refractivity contribution in [2.75, 3.05) is 5.88 Å². The standard InChI is InChI=1S/C14H18Cl2N2O3/c1-14(2,3)12(6-7-15)17-13(19)10-8-9(16)4-5-11(10)18(20)21/h4-5,8,12H,6-7H2,1-3H3,(H,17,19). The average Bonchev–Trinajstić information content (AvgIpc) is 2.36. The summed E-state index contributed by atoms with van der Waals surface area (Å²) in [5.74, 6) is -0.130. The van der Waals surface area contributed by atoms with E-state index in [-0.39, 0.29) is 27.7 Å². The monoisotopic (exact) mass is 332 g/mol. The minimum absolute atomic E-state index is 0.0451. The molecule has 1 unspecified atom stereocenters. The number of carbonyl (C=O) groups excluding carboxylic acids is 1. The topological polar surface area (TPSA) is 72.2 Å². The Morgan fingerprint density at radius 1 is 1.43 bits per heavy atom. The molecule has 0 saturated carbocycles. The van der Waals surface area contributed by atoms with Crippen molar-refractivity contribution in [3.8, 4) is 0 Å². The molecule has 0 aromatic heterocycles. The zero-order chi connectivity index (χ0) is 16.2. The van der Waals surface area contributed by atoms with E-state index >= 15 is 0 Å². The van der Waals surface area contributed by atoms with E-state index < -0.39 is 10.8 Å². The molecule has 0 fully saturated rings. The largest absolute Gasteiger partial charge is 0.349 e. The quantitative estimate of drug-likeness (QED) is 0.502. The molecule has 0 heterocycles. The molecule has 116 valence electrons. The van der Waals surface area contributed by atoms with Gasteiger partial charge in [-0.25, -0.2) is 0 Å². The summed E-state index contributed by atoms with van der Waals surface area (Å²) in [6.07, 6.45) is 0.575. The number of alkyl halides is 1. The van der Waals surface area contributed by atoms with E-state index in [0.717, 1.165) is 0 Å². The van der Waals surface area contributed by atoms with Crippen LogP contribution >= 0.6 is 23.2 Å². The third-order valence-electron chi connectivity index (χ3n) is 3.15. The van der Waals surface area contributed by atoms with Crippen molar-refractivity contribution >= 4 is 34.8 Å². The van der Waals surface area contributed by atoms with Crippen LogP contribution in [-0.4, -0.2) is 22.8 Å². The van der Waals surface area contributed by atoms with Crippen molar-refractivity contribution in [3.63, 3.8) is 0 Å². The molecule has 0 aliphatic carbocycles. The molecule has 21 heavy (non-hydrogen) atoms. The van der Waals surface area contributed by atoms with Crippen molar-refractivity contribution in [2.24, 2.45) is 5.41 Å². The lowest BCUT2D eigenvalue weighted by atomic mass is 9.85. The minimum atomic E-state index is -0.598. The van der Waals surface area contributed by atoms with Crippen LogP contribution in [0.5, 0.6) is 0 Å². The molecule has 1 rings (SSSR count). The van der Waals surface area contributed by atoms with E-state index in [2.05, 4.69) is 5.32 Å². The Morgan fingerprint density at radius 2 is 2.05 bits per heavy atom. The zero-order valence-electron chi connectivity index (χ0n) is 12.2. The van der Waals surface area contributed by atoms with E-state index in [9.17, 15) is 14.9 Å². The summed E-state index contributed by atoms with van der Waals surface area (Å²) >= 11 is 11.6.